The van der Waals surface area contributed by atoms with Gasteiger partial charge in [0.05, 0.1) is 0 Å². The van der Waals surface area contributed by atoms with Gasteiger partial charge in [-0.15, -0.1) is 0 Å². The van der Waals surface area contributed by atoms with E-state index in [0.29, 0.717) is 6.54 Å². The first-order chi connectivity index (χ1) is 4.45. The fraction of sp³-hybridized carbons (Fsp3) is 1.00. The molecule has 0 aromatic carbocycles. The van der Waals surface area contributed by atoms with Gasteiger partial charge in [-0.05, 0) is 20.1 Å². The maximum absolute atomic E-state index is 11.6. The summed E-state index contributed by atoms with van der Waals surface area (Å²) in [5.74, 6) is 0. The van der Waals surface area contributed by atoms with Crippen LogP contribution in [-0.4, -0.2) is 32.0 Å². The minimum atomic E-state index is -4.58. The third kappa shape index (κ3) is 11.5. The molecule has 0 fully saturated rings. The molecule has 0 atom stereocenters. The number of nitrogens with zero attached hydrogens (tertiary/aromatic N) is 1. The predicted octanol–water partition coefficient (Wildman–Crippen LogP) is -1.21. The van der Waals surface area contributed by atoms with Crippen molar-refractivity contribution >= 4 is 6.98 Å². The monoisotopic (exact) mass is 193 g/mol. The molecular weight excluding hydrogens is 181 g/mol. The number of rotatable bonds is 4. The van der Waals surface area contributed by atoms with E-state index < -0.39 is 13.3 Å². The van der Waals surface area contributed by atoms with Crippen molar-refractivity contribution in [1.29, 1.82) is 0 Å². The zero-order valence-corrected chi connectivity index (χ0v) is 10.4. The van der Waals surface area contributed by atoms with Gasteiger partial charge in [0.1, 0.15) is 0 Å². The second-order valence-corrected chi connectivity index (χ2v) is 2.39. The van der Waals surface area contributed by atoms with E-state index in [1.165, 1.54) is 0 Å². The average Bonchev–Trinajstić information content (AvgIpc) is 1.81. The van der Waals surface area contributed by atoms with Crippen molar-refractivity contribution in [3.05, 3.63) is 0 Å². The molecule has 0 spiro atoms. The molecule has 1 nitrogen and oxygen atoms in total. The van der Waals surface area contributed by atoms with E-state index in [1.54, 1.807) is 11.9 Å². The molecule has 0 aliphatic rings. The Morgan fingerprint density at radius 3 is 2.00 bits per heavy atom. The second-order valence-electron chi connectivity index (χ2n) is 2.39. The summed E-state index contributed by atoms with van der Waals surface area (Å²) < 4.78 is 34.8. The molecule has 0 unspecified atom stereocenters. The van der Waals surface area contributed by atoms with Gasteiger partial charge in [0.25, 0.3) is 0 Å². The predicted molar refractivity (Wildman–Crippen MR) is 37.1 cm³/mol. The van der Waals surface area contributed by atoms with Gasteiger partial charge >= 0.3 is 58.4 Å². The van der Waals surface area contributed by atoms with Gasteiger partial charge in [-0.25, -0.2) is 0 Å². The van der Waals surface area contributed by atoms with Crippen molar-refractivity contribution in [2.75, 3.05) is 20.1 Å². The molecule has 0 aliphatic heterocycles. The van der Waals surface area contributed by atoms with Crippen LogP contribution in [0, 0.1) is 0 Å². The number of hydrogen-bond acceptors (Lipinski definition) is 1. The summed E-state index contributed by atoms with van der Waals surface area (Å²) in [7, 11) is 1.68. The Labute approximate surface area is 108 Å². The van der Waals surface area contributed by atoms with Crippen molar-refractivity contribution in [2.24, 2.45) is 0 Å². The summed E-state index contributed by atoms with van der Waals surface area (Å²) in [6, 6.07) is 0. The molecule has 6 heteroatoms. The molecule has 11 heavy (non-hydrogen) atoms. The van der Waals surface area contributed by atoms with E-state index in [0.717, 1.165) is 0 Å². The van der Waals surface area contributed by atoms with Crippen LogP contribution in [-0.2, 0) is 0 Å². The SMILES string of the molecule is CCN(C)CC[B-](F)(F)F.[K+]. The first-order valence-electron chi connectivity index (χ1n) is 3.35. The van der Waals surface area contributed by atoms with Crippen LogP contribution in [0.2, 0.25) is 6.32 Å². The van der Waals surface area contributed by atoms with Crippen LogP contribution >= 0.6 is 0 Å². The molecule has 0 radical (unpaired) electrons. The Morgan fingerprint density at radius 2 is 1.73 bits per heavy atom. The van der Waals surface area contributed by atoms with Gasteiger partial charge in [0.15, 0.2) is 0 Å². The van der Waals surface area contributed by atoms with Gasteiger partial charge < -0.3 is 17.8 Å². The fourth-order valence-corrected chi connectivity index (χ4v) is 0.525. The van der Waals surface area contributed by atoms with E-state index in [4.69, 9.17) is 0 Å². The minimum Gasteiger partial charge on any atom is -0.449 e. The van der Waals surface area contributed by atoms with Crippen LogP contribution in [0.3, 0.4) is 0 Å². The summed E-state index contributed by atoms with van der Waals surface area (Å²) in [6.07, 6.45) is -0.648. The van der Waals surface area contributed by atoms with Crippen molar-refractivity contribution in [2.45, 2.75) is 13.2 Å². The Balaban J connectivity index is 0. The maximum Gasteiger partial charge on any atom is 1.00 e. The third-order valence-electron chi connectivity index (χ3n) is 1.38. The molecule has 0 rings (SSSR count). The summed E-state index contributed by atoms with van der Waals surface area (Å²) in [4.78, 5) is 1.65. The molecule has 0 aromatic heterocycles. The third-order valence-corrected chi connectivity index (χ3v) is 1.38. The van der Waals surface area contributed by atoms with E-state index in [2.05, 4.69) is 0 Å². The number of hydrogen-bond donors (Lipinski definition) is 0. The quantitative estimate of drug-likeness (QED) is 0.506. The summed E-state index contributed by atoms with van der Waals surface area (Å²) in [5, 5.41) is 0. The largest absolute Gasteiger partial charge is 1.00 e. The fourth-order valence-electron chi connectivity index (χ4n) is 0.525. The van der Waals surface area contributed by atoms with Crippen molar-refractivity contribution < 1.29 is 64.3 Å². The smallest absolute Gasteiger partial charge is 0.449 e. The van der Waals surface area contributed by atoms with Gasteiger partial charge in [-0.3, -0.25) is 0 Å². The molecule has 0 heterocycles. The molecule has 0 saturated carbocycles. The molecule has 0 aromatic rings. The Bertz CT molecular complexity index is 98.2. The molecule has 0 aliphatic carbocycles. The zero-order chi connectivity index (χ0) is 8.20. The standard InChI is InChI=1S/C5H12BF3N.K/c1-3-10(2)5-4-6(7,8)9;/h3-5H2,1-2H3;/q-1;+1. The van der Waals surface area contributed by atoms with Crippen LogP contribution in [0.1, 0.15) is 6.92 Å². The van der Waals surface area contributed by atoms with E-state index in [9.17, 15) is 12.9 Å². The minimum absolute atomic E-state index is 0. The van der Waals surface area contributed by atoms with E-state index in [1.807, 2.05) is 6.92 Å². The van der Waals surface area contributed by atoms with E-state index >= 15 is 0 Å². The van der Waals surface area contributed by atoms with Crippen molar-refractivity contribution in [3.63, 3.8) is 0 Å². The topological polar surface area (TPSA) is 3.24 Å². The van der Waals surface area contributed by atoms with Crippen LogP contribution in [0.4, 0.5) is 12.9 Å². The Morgan fingerprint density at radius 1 is 1.27 bits per heavy atom. The van der Waals surface area contributed by atoms with Crippen molar-refractivity contribution in [1.82, 2.24) is 4.90 Å². The van der Waals surface area contributed by atoms with Gasteiger partial charge in [-0.2, -0.15) is 0 Å². The molecule has 0 amide bonds. The molecule has 62 valence electrons. The summed E-state index contributed by atoms with van der Waals surface area (Å²) in [6.45, 7) is -1.95. The summed E-state index contributed by atoms with van der Waals surface area (Å²) >= 11 is 0. The molecular formula is C5H12BF3KN. The first kappa shape index (κ1) is 14.9. The normalized spacial score (nSPS) is 11.5. The van der Waals surface area contributed by atoms with Crippen molar-refractivity contribution in [3.8, 4) is 0 Å². The Kier molecular flexibility index (Phi) is 9.39. The Hall–Kier alpha value is 1.45. The maximum atomic E-state index is 11.6. The summed E-state index contributed by atoms with van der Waals surface area (Å²) in [5.41, 5.74) is 0. The zero-order valence-electron chi connectivity index (χ0n) is 7.28. The van der Waals surface area contributed by atoms with Gasteiger partial charge in [0, 0.05) is 0 Å². The van der Waals surface area contributed by atoms with Gasteiger partial charge in [-0.1, -0.05) is 13.2 Å². The van der Waals surface area contributed by atoms with Crippen LogP contribution < -0.4 is 51.4 Å². The average molecular weight is 193 g/mol. The second kappa shape index (κ2) is 6.91. The van der Waals surface area contributed by atoms with Gasteiger partial charge in [0.2, 0.25) is 0 Å². The van der Waals surface area contributed by atoms with E-state index in [-0.39, 0.29) is 57.9 Å². The number of halogens is 3. The molecule has 0 N–H and O–H groups in total. The van der Waals surface area contributed by atoms with Crippen LogP contribution in [0.5, 0.6) is 0 Å². The van der Waals surface area contributed by atoms with Crippen LogP contribution in [0.15, 0.2) is 0 Å². The molecule has 0 bridgehead atoms. The first-order valence-corrected chi connectivity index (χ1v) is 3.35. The molecule has 0 saturated heterocycles. The van der Waals surface area contributed by atoms with Crippen LogP contribution in [0.25, 0.3) is 0 Å².